The second-order valence-electron chi connectivity index (χ2n) is 3.82. The minimum Gasteiger partial charge on any atom is -0.325 e. The van der Waals surface area contributed by atoms with Gasteiger partial charge in [-0.3, -0.25) is 9.78 Å². The number of aromatic nitrogens is 1. The highest BCUT2D eigenvalue weighted by atomic mass is 79.9. The molecule has 3 N–H and O–H groups in total. The number of benzene rings is 1. The number of anilines is 1. The zero-order valence-corrected chi connectivity index (χ0v) is 12.2. The van der Waals surface area contributed by atoms with Crippen LogP contribution in [0.1, 0.15) is 16.1 Å². The number of pyridine rings is 1. The lowest BCUT2D eigenvalue weighted by atomic mass is 10.2. The maximum Gasteiger partial charge on any atom is 0.255 e. The van der Waals surface area contributed by atoms with E-state index in [9.17, 15) is 4.79 Å². The summed E-state index contributed by atoms with van der Waals surface area (Å²) < 4.78 is 0.779. The Labute approximate surface area is 124 Å². The van der Waals surface area contributed by atoms with Crippen LogP contribution in [0.3, 0.4) is 0 Å². The smallest absolute Gasteiger partial charge is 0.255 e. The van der Waals surface area contributed by atoms with Crippen molar-refractivity contribution < 1.29 is 4.79 Å². The van der Waals surface area contributed by atoms with Gasteiger partial charge in [-0.1, -0.05) is 11.6 Å². The fourth-order valence-electron chi connectivity index (χ4n) is 1.51. The normalized spacial score (nSPS) is 10.3. The maximum absolute atomic E-state index is 12.0. The van der Waals surface area contributed by atoms with Crippen LogP contribution >= 0.6 is 27.5 Å². The molecule has 0 spiro atoms. The fraction of sp³-hybridized carbons (Fsp3) is 0.0769. The van der Waals surface area contributed by atoms with Gasteiger partial charge in [-0.15, -0.1) is 0 Å². The maximum atomic E-state index is 12.0. The SMILES string of the molecule is NCc1cc(C(=O)Nc2ccc(Br)c(Cl)c2)ccn1. The molecule has 0 fully saturated rings. The van der Waals surface area contributed by atoms with E-state index in [1.807, 2.05) is 0 Å². The standard InChI is InChI=1S/C13H11BrClN3O/c14-11-2-1-9(6-12(11)15)18-13(19)8-3-4-17-10(5-8)7-16/h1-6H,7,16H2,(H,18,19). The molecule has 6 heteroatoms. The van der Waals surface area contributed by atoms with E-state index in [2.05, 4.69) is 26.2 Å². The molecular weight excluding hydrogens is 330 g/mol. The van der Waals surface area contributed by atoms with Gasteiger partial charge in [0.05, 0.1) is 10.7 Å². The number of carbonyl (C=O) groups is 1. The third-order valence-corrected chi connectivity index (χ3v) is 3.70. The van der Waals surface area contributed by atoms with Crippen LogP contribution in [0, 0.1) is 0 Å². The fourth-order valence-corrected chi connectivity index (χ4v) is 1.94. The topological polar surface area (TPSA) is 68.0 Å². The highest BCUT2D eigenvalue weighted by Crippen LogP contribution is 2.25. The summed E-state index contributed by atoms with van der Waals surface area (Å²) in [7, 11) is 0. The number of amides is 1. The van der Waals surface area contributed by atoms with Gasteiger partial charge in [0.25, 0.3) is 5.91 Å². The van der Waals surface area contributed by atoms with Crippen molar-refractivity contribution in [2.24, 2.45) is 5.73 Å². The number of hydrogen-bond donors (Lipinski definition) is 2. The second kappa shape index (κ2) is 6.14. The van der Waals surface area contributed by atoms with Crippen LogP contribution in [0.15, 0.2) is 41.0 Å². The molecule has 0 bridgehead atoms. The van der Waals surface area contributed by atoms with Gasteiger partial charge in [0.2, 0.25) is 0 Å². The van der Waals surface area contributed by atoms with Crippen LogP contribution in [0.2, 0.25) is 5.02 Å². The Hall–Kier alpha value is -1.43. The molecule has 1 heterocycles. The molecule has 1 aromatic carbocycles. The number of rotatable bonds is 3. The zero-order valence-electron chi connectivity index (χ0n) is 9.86. The largest absolute Gasteiger partial charge is 0.325 e. The van der Waals surface area contributed by atoms with Crippen molar-refractivity contribution in [3.63, 3.8) is 0 Å². The van der Waals surface area contributed by atoms with E-state index in [1.54, 1.807) is 36.5 Å². The molecule has 0 atom stereocenters. The number of halogens is 2. The number of hydrogen-bond acceptors (Lipinski definition) is 3. The average molecular weight is 341 g/mol. The summed E-state index contributed by atoms with van der Waals surface area (Å²) in [5.74, 6) is -0.226. The van der Waals surface area contributed by atoms with Gasteiger partial charge >= 0.3 is 0 Å². The van der Waals surface area contributed by atoms with Gasteiger partial charge in [-0.2, -0.15) is 0 Å². The van der Waals surface area contributed by atoms with E-state index in [4.69, 9.17) is 17.3 Å². The van der Waals surface area contributed by atoms with Crippen molar-refractivity contribution in [1.29, 1.82) is 0 Å². The first-order chi connectivity index (χ1) is 9.10. The molecule has 1 aromatic heterocycles. The van der Waals surface area contributed by atoms with E-state index < -0.39 is 0 Å². The van der Waals surface area contributed by atoms with Gasteiger partial charge in [-0.25, -0.2) is 0 Å². The minimum atomic E-state index is -0.226. The highest BCUT2D eigenvalue weighted by Gasteiger charge is 2.08. The summed E-state index contributed by atoms with van der Waals surface area (Å²) in [5.41, 5.74) is 7.30. The van der Waals surface area contributed by atoms with Crippen molar-refractivity contribution >= 4 is 39.1 Å². The number of nitrogens with two attached hydrogens (primary N) is 1. The lowest BCUT2D eigenvalue weighted by Crippen LogP contribution is -2.13. The third kappa shape index (κ3) is 3.53. The zero-order chi connectivity index (χ0) is 13.8. The summed E-state index contributed by atoms with van der Waals surface area (Å²) in [6.45, 7) is 0.297. The molecule has 0 saturated carbocycles. The van der Waals surface area contributed by atoms with E-state index in [0.29, 0.717) is 28.5 Å². The van der Waals surface area contributed by atoms with Crippen molar-refractivity contribution in [2.45, 2.75) is 6.54 Å². The summed E-state index contributed by atoms with van der Waals surface area (Å²) in [4.78, 5) is 16.1. The Morgan fingerprint density at radius 1 is 1.37 bits per heavy atom. The molecule has 4 nitrogen and oxygen atoms in total. The number of nitrogens with zero attached hydrogens (tertiary/aromatic N) is 1. The monoisotopic (exact) mass is 339 g/mol. The van der Waals surface area contributed by atoms with Crippen LogP contribution in [0.25, 0.3) is 0 Å². The first kappa shape index (κ1) is 14.0. The second-order valence-corrected chi connectivity index (χ2v) is 5.08. The third-order valence-electron chi connectivity index (χ3n) is 2.47. The molecule has 0 aliphatic carbocycles. The molecule has 19 heavy (non-hydrogen) atoms. The molecule has 2 rings (SSSR count). The molecule has 0 saturated heterocycles. The van der Waals surface area contributed by atoms with Crippen molar-refractivity contribution in [3.05, 3.63) is 57.3 Å². The Kier molecular flexibility index (Phi) is 4.52. The van der Waals surface area contributed by atoms with Gasteiger partial charge in [-0.05, 0) is 46.3 Å². The van der Waals surface area contributed by atoms with E-state index in [1.165, 1.54) is 0 Å². The Morgan fingerprint density at radius 2 is 2.16 bits per heavy atom. The van der Waals surface area contributed by atoms with Crippen molar-refractivity contribution in [1.82, 2.24) is 4.98 Å². The van der Waals surface area contributed by atoms with E-state index in [0.717, 1.165) is 4.47 Å². The summed E-state index contributed by atoms with van der Waals surface area (Å²) >= 11 is 9.26. The lowest BCUT2D eigenvalue weighted by Gasteiger charge is -2.07. The summed E-state index contributed by atoms with van der Waals surface area (Å²) in [6.07, 6.45) is 1.56. The first-order valence-electron chi connectivity index (χ1n) is 5.51. The first-order valence-corrected chi connectivity index (χ1v) is 6.68. The van der Waals surface area contributed by atoms with Gasteiger partial charge in [0, 0.05) is 28.5 Å². The predicted molar refractivity (Wildman–Crippen MR) is 79.2 cm³/mol. The van der Waals surface area contributed by atoms with E-state index >= 15 is 0 Å². The number of nitrogens with one attached hydrogen (secondary N) is 1. The summed E-state index contributed by atoms with van der Waals surface area (Å²) in [6, 6.07) is 8.51. The van der Waals surface area contributed by atoms with Gasteiger partial charge in [0.1, 0.15) is 0 Å². The van der Waals surface area contributed by atoms with Crippen LogP contribution in [0.4, 0.5) is 5.69 Å². The molecule has 0 radical (unpaired) electrons. The molecule has 98 valence electrons. The quantitative estimate of drug-likeness (QED) is 0.901. The molecule has 0 aliphatic rings. The van der Waals surface area contributed by atoms with Gasteiger partial charge < -0.3 is 11.1 Å². The van der Waals surface area contributed by atoms with Crippen molar-refractivity contribution in [3.8, 4) is 0 Å². The molecule has 1 amide bonds. The molecule has 0 aliphatic heterocycles. The number of carbonyl (C=O) groups excluding carboxylic acids is 1. The Bertz CT molecular complexity index is 619. The Balaban J connectivity index is 2.18. The lowest BCUT2D eigenvalue weighted by molar-refractivity contribution is 0.102. The van der Waals surface area contributed by atoms with Crippen LogP contribution in [-0.4, -0.2) is 10.9 Å². The molecular formula is C13H11BrClN3O. The molecule has 2 aromatic rings. The molecule has 0 unspecified atom stereocenters. The van der Waals surface area contributed by atoms with E-state index in [-0.39, 0.29) is 5.91 Å². The van der Waals surface area contributed by atoms with Crippen LogP contribution in [-0.2, 0) is 6.54 Å². The van der Waals surface area contributed by atoms with Crippen LogP contribution < -0.4 is 11.1 Å². The average Bonchev–Trinajstić information content (AvgIpc) is 2.43. The summed E-state index contributed by atoms with van der Waals surface area (Å²) in [5, 5.41) is 3.30. The van der Waals surface area contributed by atoms with Gasteiger partial charge in [0.15, 0.2) is 0 Å². The predicted octanol–water partition coefficient (Wildman–Crippen LogP) is 3.21. The van der Waals surface area contributed by atoms with Crippen LogP contribution in [0.5, 0.6) is 0 Å². The van der Waals surface area contributed by atoms with Crippen molar-refractivity contribution in [2.75, 3.05) is 5.32 Å². The Morgan fingerprint density at radius 3 is 2.84 bits per heavy atom. The minimum absolute atomic E-state index is 0.226. The highest BCUT2D eigenvalue weighted by molar-refractivity contribution is 9.10.